The zero-order chi connectivity index (χ0) is 14.6. The molecule has 0 aliphatic rings. The van der Waals surface area contributed by atoms with Gasteiger partial charge in [0.05, 0.1) is 0 Å². The molecule has 0 fully saturated rings. The number of nitrogens with one attached hydrogen (secondary N) is 1. The molecule has 1 heterocycles. The molecule has 0 aliphatic carbocycles. The SMILES string of the molecule is CCSc1cccc(CCc2[c]n[nH]c2C(F)(F)F)c1. The van der Waals surface area contributed by atoms with E-state index in [9.17, 15) is 13.2 Å². The molecule has 1 N–H and O–H groups in total. The number of aromatic amines is 1. The first-order valence-corrected chi connectivity index (χ1v) is 7.23. The van der Waals surface area contributed by atoms with Gasteiger partial charge in [0, 0.05) is 10.5 Å². The highest BCUT2D eigenvalue weighted by atomic mass is 32.2. The van der Waals surface area contributed by atoms with Gasteiger partial charge in [-0.2, -0.15) is 18.3 Å². The van der Waals surface area contributed by atoms with Crippen LogP contribution in [0.3, 0.4) is 0 Å². The Hall–Kier alpha value is -1.43. The fourth-order valence-electron chi connectivity index (χ4n) is 1.92. The van der Waals surface area contributed by atoms with Gasteiger partial charge in [-0.15, -0.1) is 11.8 Å². The van der Waals surface area contributed by atoms with Gasteiger partial charge >= 0.3 is 6.18 Å². The van der Waals surface area contributed by atoms with E-state index in [4.69, 9.17) is 0 Å². The van der Waals surface area contributed by atoms with Gasteiger partial charge in [0.2, 0.25) is 0 Å². The van der Waals surface area contributed by atoms with Gasteiger partial charge in [-0.25, -0.2) is 0 Å². The van der Waals surface area contributed by atoms with E-state index >= 15 is 0 Å². The van der Waals surface area contributed by atoms with Crippen molar-refractivity contribution in [2.75, 3.05) is 5.75 Å². The monoisotopic (exact) mass is 299 g/mol. The molecule has 0 saturated heterocycles. The van der Waals surface area contributed by atoms with Crippen molar-refractivity contribution in [1.29, 1.82) is 0 Å². The molecular weight excluding hydrogens is 285 g/mol. The van der Waals surface area contributed by atoms with Crippen LogP contribution in [-0.4, -0.2) is 16.0 Å². The summed E-state index contributed by atoms with van der Waals surface area (Å²) in [5.74, 6) is 0.969. The molecular formula is C14H14F3N2S. The third kappa shape index (κ3) is 3.79. The lowest BCUT2D eigenvalue weighted by molar-refractivity contribution is -0.141. The number of benzene rings is 1. The molecule has 0 amide bonds. The van der Waals surface area contributed by atoms with E-state index in [2.05, 4.69) is 18.2 Å². The second-order valence-electron chi connectivity index (χ2n) is 4.27. The van der Waals surface area contributed by atoms with Gasteiger partial charge in [-0.05, 0) is 36.3 Å². The van der Waals surface area contributed by atoms with Crippen LogP contribution in [0, 0.1) is 6.20 Å². The highest BCUT2D eigenvalue weighted by Crippen LogP contribution is 2.30. The van der Waals surface area contributed by atoms with Crippen LogP contribution in [0.25, 0.3) is 0 Å². The number of nitrogens with zero attached hydrogens (tertiary/aromatic N) is 1. The van der Waals surface area contributed by atoms with Crippen LogP contribution in [-0.2, 0) is 19.0 Å². The molecule has 0 bridgehead atoms. The number of halogens is 3. The summed E-state index contributed by atoms with van der Waals surface area (Å²) in [7, 11) is 0. The van der Waals surface area contributed by atoms with E-state index in [1.165, 1.54) is 0 Å². The summed E-state index contributed by atoms with van der Waals surface area (Å²) in [6, 6.07) is 7.87. The molecule has 0 aliphatic heterocycles. The normalized spacial score (nSPS) is 11.8. The van der Waals surface area contributed by atoms with E-state index in [0.29, 0.717) is 6.42 Å². The lowest BCUT2D eigenvalue weighted by atomic mass is 10.0. The van der Waals surface area contributed by atoms with E-state index < -0.39 is 11.9 Å². The fraction of sp³-hybridized carbons (Fsp3) is 0.357. The Labute approximate surface area is 119 Å². The van der Waals surface area contributed by atoms with Crippen LogP contribution in [0.2, 0.25) is 0 Å². The Bertz CT molecular complexity index is 564. The second kappa shape index (κ2) is 6.35. The minimum absolute atomic E-state index is 0.0889. The Kier molecular flexibility index (Phi) is 4.75. The van der Waals surface area contributed by atoms with Crippen molar-refractivity contribution >= 4 is 11.8 Å². The van der Waals surface area contributed by atoms with Crippen LogP contribution in [0.1, 0.15) is 23.7 Å². The van der Waals surface area contributed by atoms with Crippen molar-refractivity contribution in [1.82, 2.24) is 10.2 Å². The highest BCUT2D eigenvalue weighted by Gasteiger charge is 2.35. The number of hydrogen-bond acceptors (Lipinski definition) is 2. The van der Waals surface area contributed by atoms with Gasteiger partial charge in [-0.1, -0.05) is 19.1 Å². The molecule has 0 spiro atoms. The minimum Gasteiger partial charge on any atom is -0.273 e. The van der Waals surface area contributed by atoms with Crippen molar-refractivity contribution in [3.05, 3.63) is 47.3 Å². The number of thioether (sulfide) groups is 1. The molecule has 2 aromatic rings. The maximum atomic E-state index is 12.7. The van der Waals surface area contributed by atoms with Crippen molar-refractivity contribution in [2.24, 2.45) is 0 Å². The molecule has 2 nitrogen and oxygen atoms in total. The lowest BCUT2D eigenvalue weighted by Gasteiger charge is -2.07. The zero-order valence-corrected chi connectivity index (χ0v) is 11.7. The first-order valence-electron chi connectivity index (χ1n) is 6.24. The number of alkyl halides is 3. The van der Waals surface area contributed by atoms with Crippen molar-refractivity contribution in [3.8, 4) is 0 Å². The average molecular weight is 299 g/mol. The van der Waals surface area contributed by atoms with E-state index in [1.807, 2.05) is 29.4 Å². The quantitative estimate of drug-likeness (QED) is 0.841. The molecule has 0 saturated carbocycles. The third-order valence-electron chi connectivity index (χ3n) is 2.82. The molecule has 20 heavy (non-hydrogen) atoms. The summed E-state index contributed by atoms with van der Waals surface area (Å²) in [5, 5.41) is 5.35. The molecule has 6 heteroatoms. The summed E-state index contributed by atoms with van der Waals surface area (Å²) in [6.07, 6.45) is -1.20. The summed E-state index contributed by atoms with van der Waals surface area (Å²) in [5.41, 5.74) is 0.314. The van der Waals surface area contributed by atoms with E-state index in [1.54, 1.807) is 11.8 Å². The lowest BCUT2D eigenvalue weighted by Crippen LogP contribution is -2.09. The van der Waals surface area contributed by atoms with Crippen LogP contribution in [0.4, 0.5) is 13.2 Å². The minimum atomic E-state index is -4.40. The summed E-state index contributed by atoms with van der Waals surface area (Å²) >= 11 is 1.71. The molecule has 1 aromatic carbocycles. The molecule has 0 atom stereocenters. The first-order chi connectivity index (χ1) is 9.50. The smallest absolute Gasteiger partial charge is 0.273 e. The summed E-state index contributed by atoms with van der Waals surface area (Å²) < 4.78 is 38.0. The number of aryl methyl sites for hydroxylation is 2. The first kappa shape index (κ1) is 15.0. The average Bonchev–Trinajstić information content (AvgIpc) is 2.85. The summed E-state index contributed by atoms with van der Waals surface area (Å²) in [6.45, 7) is 2.06. The molecule has 2 rings (SSSR count). The van der Waals surface area contributed by atoms with Crippen molar-refractivity contribution < 1.29 is 13.2 Å². The molecule has 1 aromatic heterocycles. The fourth-order valence-corrected chi connectivity index (χ4v) is 2.66. The van der Waals surface area contributed by atoms with E-state index in [-0.39, 0.29) is 12.0 Å². The second-order valence-corrected chi connectivity index (χ2v) is 5.60. The summed E-state index contributed by atoms with van der Waals surface area (Å²) in [4.78, 5) is 1.14. The van der Waals surface area contributed by atoms with Crippen LogP contribution in [0.15, 0.2) is 29.2 Å². The zero-order valence-electron chi connectivity index (χ0n) is 10.9. The Morgan fingerprint density at radius 1 is 1.30 bits per heavy atom. The standard InChI is InChI=1S/C14H14F3N2S/c1-2-20-12-5-3-4-10(8-12)6-7-11-9-18-19-13(11)14(15,16)17/h3-5,8H,2,6-7H2,1H3,(H,18,19). The maximum Gasteiger partial charge on any atom is 0.433 e. The molecule has 107 valence electrons. The predicted octanol–water partition coefficient (Wildman–Crippen LogP) is 4.13. The molecule has 1 radical (unpaired) electrons. The van der Waals surface area contributed by atoms with Crippen LogP contribution >= 0.6 is 11.8 Å². The van der Waals surface area contributed by atoms with E-state index in [0.717, 1.165) is 16.2 Å². The van der Waals surface area contributed by atoms with Gasteiger partial charge in [-0.3, -0.25) is 5.10 Å². The van der Waals surface area contributed by atoms with Gasteiger partial charge in [0.15, 0.2) is 0 Å². The largest absolute Gasteiger partial charge is 0.433 e. The topological polar surface area (TPSA) is 28.7 Å². The Morgan fingerprint density at radius 3 is 2.80 bits per heavy atom. The van der Waals surface area contributed by atoms with Crippen LogP contribution in [0.5, 0.6) is 0 Å². The van der Waals surface area contributed by atoms with Crippen molar-refractivity contribution in [2.45, 2.75) is 30.8 Å². The predicted molar refractivity (Wildman–Crippen MR) is 72.7 cm³/mol. The number of H-pyrrole nitrogens is 1. The highest BCUT2D eigenvalue weighted by molar-refractivity contribution is 7.99. The number of hydrogen-bond donors (Lipinski definition) is 1. The maximum absolute atomic E-state index is 12.7. The third-order valence-corrected chi connectivity index (χ3v) is 3.69. The van der Waals surface area contributed by atoms with Crippen molar-refractivity contribution in [3.63, 3.8) is 0 Å². The number of rotatable bonds is 5. The number of aromatic nitrogens is 2. The van der Waals surface area contributed by atoms with Gasteiger partial charge in [0.1, 0.15) is 11.9 Å². The van der Waals surface area contributed by atoms with Gasteiger partial charge in [0.25, 0.3) is 0 Å². The van der Waals surface area contributed by atoms with Crippen LogP contribution < -0.4 is 0 Å². The Balaban J connectivity index is 2.06. The van der Waals surface area contributed by atoms with Gasteiger partial charge < -0.3 is 0 Å². The Morgan fingerprint density at radius 2 is 2.10 bits per heavy atom. The molecule has 0 unspecified atom stereocenters.